The molecule has 0 fully saturated rings. The van der Waals surface area contributed by atoms with Crippen molar-refractivity contribution in [2.45, 2.75) is 88.5 Å². The third-order valence-corrected chi connectivity index (χ3v) is 6.35. The van der Waals surface area contributed by atoms with Crippen molar-refractivity contribution in [2.75, 3.05) is 19.6 Å². The summed E-state index contributed by atoms with van der Waals surface area (Å²) < 4.78 is 0. The van der Waals surface area contributed by atoms with Crippen LogP contribution in [-0.4, -0.2) is 119 Å². The van der Waals surface area contributed by atoms with Crippen molar-refractivity contribution in [3.05, 3.63) is 0 Å². The number of nitrogens with two attached hydrogens (primary N) is 4. The molecule has 0 aliphatic carbocycles. The first-order valence-electron chi connectivity index (χ1n) is 14.6. The molecule has 0 bridgehead atoms. The molecule has 21 nitrogen and oxygen atoms in total. The monoisotopic (exact) mass is 738 g/mol. The van der Waals surface area contributed by atoms with Crippen LogP contribution in [0.1, 0.15) is 58.3 Å². The Bertz CT molecular complexity index is 1150. The number of hydrogen-bond acceptors (Lipinski definition) is 11. The first-order valence-corrected chi connectivity index (χ1v) is 14.6. The molecule has 5 amide bonds. The number of unbranched alkanes of at least 4 members (excludes halogenated alkanes) is 1. The number of carbonyl (C=O) groups is 8. The van der Waals surface area contributed by atoms with Gasteiger partial charge in [0.05, 0.1) is 19.0 Å². The van der Waals surface area contributed by atoms with Gasteiger partial charge in [0.2, 0.25) is 29.5 Å². The number of nitrogens with one attached hydrogen (secondary N) is 5. The van der Waals surface area contributed by atoms with Crippen LogP contribution in [0.2, 0.25) is 0 Å². The largest absolute Gasteiger partial charge is 2.00 e. The minimum absolute atomic E-state index is 0. The molecule has 0 radical (unpaired) electrons. The maximum absolute atomic E-state index is 13.0. The first-order chi connectivity index (χ1) is 22.0. The third-order valence-electron chi connectivity index (χ3n) is 6.35. The fourth-order valence-corrected chi connectivity index (χ4v) is 3.81. The zero-order chi connectivity index (χ0) is 36.1. The van der Waals surface area contributed by atoms with Gasteiger partial charge >= 0.3 is 37.4 Å². The summed E-state index contributed by atoms with van der Waals surface area (Å²) in [6.45, 7) is 0.995. The van der Waals surface area contributed by atoms with E-state index in [2.05, 4.69) is 31.6 Å². The number of aliphatic carboxylic acids is 3. The van der Waals surface area contributed by atoms with Gasteiger partial charge in [-0.1, -0.05) is 0 Å². The zero-order valence-corrected chi connectivity index (χ0v) is 29.7. The van der Waals surface area contributed by atoms with Crippen molar-refractivity contribution in [2.24, 2.45) is 27.9 Å². The van der Waals surface area contributed by atoms with E-state index in [-0.39, 0.29) is 70.6 Å². The molecule has 0 aliphatic heterocycles. The Morgan fingerprint density at radius 2 is 1.29 bits per heavy atom. The normalized spacial score (nSPS) is 13.5. The molecule has 0 aromatic rings. The molecular formula is C26H46N10O11Zn+2. The fourth-order valence-electron chi connectivity index (χ4n) is 3.81. The SMILES string of the molecule is C[C@H](NC(=O)[C@H](CCCCN)NC(=O)CNC(=O)[C@@H](N)CCC(=O)O)C(=O)N[C@@H](CC(=O)O)C(=O)N[C@@H](CCCN=C(N)N)C(=O)O.[Zn+2]. The fraction of sp³-hybridized carbons (Fsp3) is 0.654. The minimum atomic E-state index is -1.72. The molecule has 48 heavy (non-hydrogen) atoms. The summed E-state index contributed by atoms with van der Waals surface area (Å²) in [5.74, 6) is -8.77. The Morgan fingerprint density at radius 1 is 0.708 bits per heavy atom. The van der Waals surface area contributed by atoms with Crippen LogP contribution < -0.4 is 49.5 Å². The van der Waals surface area contributed by atoms with Crippen molar-refractivity contribution in [1.82, 2.24) is 26.6 Å². The summed E-state index contributed by atoms with van der Waals surface area (Å²) in [4.78, 5) is 101. The molecule has 22 heteroatoms. The van der Waals surface area contributed by atoms with Crippen LogP contribution in [0, 0.1) is 0 Å². The van der Waals surface area contributed by atoms with E-state index >= 15 is 0 Å². The smallest absolute Gasteiger partial charge is 0.481 e. The van der Waals surface area contributed by atoms with Gasteiger partial charge < -0.3 is 64.8 Å². The number of carboxylic acids is 3. The van der Waals surface area contributed by atoms with Crippen LogP contribution >= 0.6 is 0 Å². The predicted molar refractivity (Wildman–Crippen MR) is 164 cm³/mol. The second-order valence-corrected chi connectivity index (χ2v) is 10.4. The van der Waals surface area contributed by atoms with Crippen LogP contribution in [0.5, 0.6) is 0 Å². The number of hydrogen-bond donors (Lipinski definition) is 12. The summed E-state index contributed by atoms with van der Waals surface area (Å²) >= 11 is 0. The third kappa shape index (κ3) is 20.6. The second kappa shape index (κ2) is 24.7. The standard InChI is InChI=1S/C26H46N10O11.Zn/c1-13(21(42)36-17(11-20(40)41)24(45)35-16(25(46)47)6-4-10-31-26(29)30)33-23(44)15(5-2-3-9-27)34-18(37)12-32-22(43)14(28)7-8-19(38)39;/h13-17H,2-12,27-28H2,1H3,(H,32,43)(H,33,44)(H,34,37)(H,35,45)(H,36,42)(H,38,39)(H,40,41)(H,46,47)(H4,29,30,31);/q;+2/t13-,14-,15-,16-,17-;/m0./s1. The summed E-state index contributed by atoms with van der Waals surface area (Å²) in [6.07, 6.45) is -0.436. The topological polar surface area (TPSA) is 374 Å². The molecule has 16 N–H and O–H groups in total. The minimum Gasteiger partial charge on any atom is -0.481 e. The van der Waals surface area contributed by atoms with Gasteiger partial charge in [-0.15, -0.1) is 0 Å². The molecule has 5 atom stereocenters. The number of rotatable bonds is 24. The zero-order valence-electron chi connectivity index (χ0n) is 26.7. The quantitative estimate of drug-likeness (QED) is 0.0191. The number of nitrogens with zero attached hydrogens (tertiary/aromatic N) is 1. The molecule has 0 saturated carbocycles. The van der Waals surface area contributed by atoms with Crippen molar-refractivity contribution in [3.63, 3.8) is 0 Å². The number of guanidine groups is 1. The summed E-state index contributed by atoms with van der Waals surface area (Å²) in [5.41, 5.74) is 21.5. The summed E-state index contributed by atoms with van der Waals surface area (Å²) in [7, 11) is 0. The van der Waals surface area contributed by atoms with Crippen LogP contribution in [0.4, 0.5) is 0 Å². The van der Waals surface area contributed by atoms with E-state index < -0.39 is 90.6 Å². The molecule has 0 unspecified atom stereocenters. The van der Waals surface area contributed by atoms with E-state index in [4.69, 9.17) is 28.0 Å². The summed E-state index contributed by atoms with van der Waals surface area (Å²) in [5, 5.41) is 38.8. The van der Waals surface area contributed by atoms with Crippen molar-refractivity contribution < 1.29 is 73.2 Å². The van der Waals surface area contributed by atoms with Crippen LogP contribution in [0.15, 0.2) is 4.99 Å². The molecule has 0 spiro atoms. The Morgan fingerprint density at radius 3 is 1.83 bits per heavy atom. The van der Waals surface area contributed by atoms with Gasteiger partial charge in [0, 0.05) is 13.0 Å². The van der Waals surface area contributed by atoms with Gasteiger partial charge in [0.1, 0.15) is 24.2 Å². The molecule has 0 aromatic heterocycles. The molecule has 0 saturated heterocycles. The number of amides is 5. The van der Waals surface area contributed by atoms with E-state index in [0.717, 1.165) is 0 Å². The average molecular weight is 740 g/mol. The van der Waals surface area contributed by atoms with E-state index in [1.807, 2.05) is 0 Å². The molecule has 0 heterocycles. The first kappa shape index (κ1) is 45.7. The second-order valence-electron chi connectivity index (χ2n) is 10.4. The van der Waals surface area contributed by atoms with Crippen LogP contribution in [-0.2, 0) is 57.8 Å². The van der Waals surface area contributed by atoms with Gasteiger partial charge in [-0.3, -0.25) is 38.6 Å². The van der Waals surface area contributed by atoms with Gasteiger partial charge in [-0.25, -0.2) is 4.79 Å². The predicted octanol–water partition coefficient (Wildman–Crippen LogP) is -5.01. The van der Waals surface area contributed by atoms with E-state index in [0.29, 0.717) is 12.8 Å². The van der Waals surface area contributed by atoms with E-state index in [9.17, 15) is 48.6 Å². The van der Waals surface area contributed by atoms with Crippen molar-refractivity contribution in [1.29, 1.82) is 0 Å². The number of carbonyl (C=O) groups excluding carboxylic acids is 5. The van der Waals surface area contributed by atoms with Gasteiger partial charge in [0.15, 0.2) is 5.96 Å². The van der Waals surface area contributed by atoms with Gasteiger partial charge in [-0.2, -0.15) is 0 Å². The van der Waals surface area contributed by atoms with Crippen molar-refractivity contribution >= 4 is 53.4 Å². The van der Waals surface area contributed by atoms with Crippen LogP contribution in [0.3, 0.4) is 0 Å². The Balaban J connectivity index is 0. The number of carboxylic acid groups (broad SMARTS) is 3. The van der Waals surface area contributed by atoms with Crippen LogP contribution in [0.25, 0.3) is 0 Å². The Hall–Kier alpha value is -4.43. The van der Waals surface area contributed by atoms with E-state index in [1.54, 1.807) is 0 Å². The maximum Gasteiger partial charge on any atom is 2.00 e. The summed E-state index contributed by atoms with van der Waals surface area (Å²) in [6, 6.07) is -6.91. The average Bonchev–Trinajstić information content (AvgIpc) is 2.98. The van der Waals surface area contributed by atoms with Gasteiger partial charge in [0.25, 0.3) is 0 Å². The molecule has 0 aromatic carbocycles. The molecule has 266 valence electrons. The molecular weight excluding hydrogens is 694 g/mol. The van der Waals surface area contributed by atoms with Crippen molar-refractivity contribution in [3.8, 4) is 0 Å². The molecule has 0 rings (SSSR count). The van der Waals surface area contributed by atoms with Gasteiger partial charge in [-0.05, 0) is 52.0 Å². The number of aliphatic imine (C=N–C) groups is 1. The maximum atomic E-state index is 13.0. The Kier molecular flexibility index (Phi) is 23.5. The molecule has 0 aliphatic rings. The van der Waals surface area contributed by atoms with E-state index in [1.165, 1.54) is 6.92 Å². The Labute approximate surface area is 288 Å².